The highest BCUT2D eigenvalue weighted by Gasteiger charge is 2.34. The van der Waals surface area contributed by atoms with Crippen LogP contribution in [0.15, 0.2) is 14.7 Å². The summed E-state index contributed by atoms with van der Waals surface area (Å²) in [5, 5.41) is 0.856. The van der Waals surface area contributed by atoms with Crippen molar-refractivity contribution < 1.29 is 8.42 Å². The zero-order chi connectivity index (χ0) is 14.1. The van der Waals surface area contributed by atoms with Crippen LogP contribution in [0.1, 0.15) is 30.6 Å². The number of sulfonamides is 1. The fraction of sp³-hybridized carbons (Fsp3) is 0.667. The summed E-state index contributed by atoms with van der Waals surface area (Å²) >= 11 is 8.32. The summed E-state index contributed by atoms with van der Waals surface area (Å²) < 4.78 is 28.3. The zero-order valence-electron chi connectivity index (χ0n) is 10.7. The van der Waals surface area contributed by atoms with Crippen molar-refractivity contribution in [1.29, 1.82) is 0 Å². The average molecular weight is 431 g/mol. The van der Waals surface area contributed by atoms with E-state index in [1.54, 1.807) is 6.07 Å². The van der Waals surface area contributed by atoms with Gasteiger partial charge in [-0.3, -0.25) is 0 Å². The van der Waals surface area contributed by atoms with Gasteiger partial charge in [0.1, 0.15) is 0 Å². The average Bonchev–Trinajstić information content (AvgIpc) is 2.95. The van der Waals surface area contributed by atoms with E-state index >= 15 is 0 Å². The van der Waals surface area contributed by atoms with Crippen LogP contribution in [-0.4, -0.2) is 20.3 Å². The maximum absolute atomic E-state index is 12.3. The van der Waals surface area contributed by atoms with Gasteiger partial charge in [-0.05, 0) is 47.2 Å². The molecule has 108 valence electrons. The molecule has 0 bridgehead atoms. The molecule has 7 heteroatoms. The van der Waals surface area contributed by atoms with Crippen molar-refractivity contribution in [2.24, 2.45) is 5.41 Å². The van der Waals surface area contributed by atoms with Crippen molar-refractivity contribution in [3.8, 4) is 0 Å². The number of hydrogen-bond acceptors (Lipinski definition) is 3. The maximum Gasteiger partial charge on any atom is 0.241 e. The Bertz CT molecular complexity index is 548. The SMILES string of the molecule is Cc1sc(Br)cc1S(=O)(=O)NCC1(CBr)CCCC1. The molecule has 0 amide bonds. The lowest BCUT2D eigenvalue weighted by Gasteiger charge is -2.26. The molecule has 2 rings (SSSR count). The minimum absolute atomic E-state index is 0.0915. The van der Waals surface area contributed by atoms with E-state index in [0.29, 0.717) is 11.4 Å². The maximum atomic E-state index is 12.3. The lowest BCUT2D eigenvalue weighted by atomic mass is 9.89. The van der Waals surface area contributed by atoms with E-state index in [-0.39, 0.29) is 5.41 Å². The highest BCUT2D eigenvalue weighted by Crippen LogP contribution is 2.39. The van der Waals surface area contributed by atoms with Crippen LogP contribution in [0.2, 0.25) is 0 Å². The molecule has 1 saturated carbocycles. The summed E-state index contributed by atoms with van der Waals surface area (Å²) in [6.07, 6.45) is 4.56. The Morgan fingerprint density at radius 2 is 2.05 bits per heavy atom. The molecule has 0 atom stereocenters. The Labute approximate surface area is 135 Å². The van der Waals surface area contributed by atoms with Crippen LogP contribution in [0.5, 0.6) is 0 Å². The number of hydrogen-bond donors (Lipinski definition) is 1. The van der Waals surface area contributed by atoms with Crippen LogP contribution >= 0.6 is 43.2 Å². The first kappa shape index (κ1) is 15.9. The molecule has 1 heterocycles. The van der Waals surface area contributed by atoms with Gasteiger partial charge < -0.3 is 0 Å². The van der Waals surface area contributed by atoms with Crippen molar-refractivity contribution in [3.05, 3.63) is 14.7 Å². The lowest BCUT2D eigenvalue weighted by Crippen LogP contribution is -2.37. The van der Waals surface area contributed by atoms with Gasteiger partial charge in [0.2, 0.25) is 10.0 Å². The Morgan fingerprint density at radius 1 is 1.42 bits per heavy atom. The van der Waals surface area contributed by atoms with Gasteiger partial charge in [0.25, 0.3) is 0 Å². The largest absolute Gasteiger partial charge is 0.241 e. The van der Waals surface area contributed by atoms with Crippen molar-refractivity contribution in [1.82, 2.24) is 4.72 Å². The standard InChI is InChI=1S/C12H17Br2NO2S2/c1-9-10(6-11(14)18-9)19(16,17)15-8-12(7-13)4-2-3-5-12/h6,15H,2-5,7-8H2,1H3. The van der Waals surface area contributed by atoms with Gasteiger partial charge in [-0.15, -0.1) is 11.3 Å². The number of rotatable bonds is 5. The molecular formula is C12H17Br2NO2S2. The molecule has 1 aromatic heterocycles. The van der Waals surface area contributed by atoms with Crippen molar-refractivity contribution in [2.75, 3.05) is 11.9 Å². The predicted molar refractivity (Wildman–Crippen MR) is 86.6 cm³/mol. The van der Waals surface area contributed by atoms with Gasteiger partial charge in [-0.1, -0.05) is 28.8 Å². The highest BCUT2D eigenvalue weighted by atomic mass is 79.9. The molecule has 1 aliphatic carbocycles. The molecule has 3 nitrogen and oxygen atoms in total. The highest BCUT2D eigenvalue weighted by molar-refractivity contribution is 9.11. The normalized spacial score (nSPS) is 18.9. The second-order valence-electron chi connectivity index (χ2n) is 5.14. The summed E-state index contributed by atoms with van der Waals surface area (Å²) in [6, 6.07) is 1.68. The first-order chi connectivity index (χ1) is 8.88. The molecule has 0 unspecified atom stereocenters. The molecule has 0 aliphatic heterocycles. The van der Waals surface area contributed by atoms with Crippen molar-refractivity contribution in [2.45, 2.75) is 37.5 Å². The van der Waals surface area contributed by atoms with Crippen LogP contribution in [-0.2, 0) is 10.0 Å². The fourth-order valence-electron chi connectivity index (χ4n) is 2.51. The number of aryl methyl sites for hydroxylation is 1. The monoisotopic (exact) mass is 429 g/mol. The summed E-state index contributed by atoms with van der Waals surface area (Å²) in [6.45, 7) is 2.35. The Morgan fingerprint density at radius 3 is 2.53 bits per heavy atom. The van der Waals surface area contributed by atoms with E-state index in [2.05, 4.69) is 36.6 Å². The van der Waals surface area contributed by atoms with Crippen LogP contribution < -0.4 is 4.72 Å². The summed E-state index contributed by atoms with van der Waals surface area (Å²) in [4.78, 5) is 1.21. The molecule has 0 spiro atoms. The molecule has 1 fully saturated rings. The van der Waals surface area contributed by atoms with Gasteiger partial charge in [-0.25, -0.2) is 13.1 Å². The van der Waals surface area contributed by atoms with Crippen LogP contribution in [0, 0.1) is 12.3 Å². The van der Waals surface area contributed by atoms with E-state index in [4.69, 9.17) is 0 Å². The molecule has 0 radical (unpaired) electrons. The fourth-order valence-corrected chi connectivity index (χ4v) is 6.83. The van der Waals surface area contributed by atoms with Crippen LogP contribution in [0.4, 0.5) is 0 Å². The number of alkyl halides is 1. The van der Waals surface area contributed by atoms with Gasteiger partial charge in [-0.2, -0.15) is 0 Å². The predicted octanol–water partition coefficient (Wildman–Crippen LogP) is 4.05. The van der Waals surface area contributed by atoms with E-state index in [0.717, 1.165) is 26.8 Å². The number of halogens is 2. The minimum atomic E-state index is -3.40. The van der Waals surface area contributed by atoms with Crippen LogP contribution in [0.3, 0.4) is 0 Å². The molecular weight excluding hydrogens is 414 g/mol. The first-order valence-electron chi connectivity index (χ1n) is 6.20. The van der Waals surface area contributed by atoms with E-state index in [9.17, 15) is 8.42 Å². The van der Waals surface area contributed by atoms with Crippen molar-refractivity contribution >= 4 is 53.2 Å². The van der Waals surface area contributed by atoms with Gasteiger partial charge in [0, 0.05) is 16.8 Å². The first-order valence-corrected chi connectivity index (χ1v) is 10.4. The molecule has 19 heavy (non-hydrogen) atoms. The summed E-state index contributed by atoms with van der Waals surface area (Å²) in [5.41, 5.74) is 0.0915. The number of thiophene rings is 1. The van der Waals surface area contributed by atoms with Crippen molar-refractivity contribution in [3.63, 3.8) is 0 Å². The quantitative estimate of drug-likeness (QED) is 0.716. The summed E-state index contributed by atoms with van der Waals surface area (Å²) in [5.74, 6) is 0. The van der Waals surface area contributed by atoms with E-state index < -0.39 is 10.0 Å². The topological polar surface area (TPSA) is 46.2 Å². The van der Waals surface area contributed by atoms with E-state index in [1.807, 2.05) is 6.92 Å². The van der Waals surface area contributed by atoms with Gasteiger partial charge in [0.05, 0.1) is 8.68 Å². The smallest absolute Gasteiger partial charge is 0.211 e. The lowest BCUT2D eigenvalue weighted by molar-refractivity contribution is 0.347. The Balaban J connectivity index is 2.12. The molecule has 0 saturated heterocycles. The molecule has 1 N–H and O–H groups in total. The second-order valence-corrected chi connectivity index (χ2v) is 10.1. The summed E-state index contributed by atoms with van der Waals surface area (Å²) in [7, 11) is -3.40. The minimum Gasteiger partial charge on any atom is -0.211 e. The zero-order valence-corrected chi connectivity index (χ0v) is 15.5. The van der Waals surface area contributed by atoms with E-state index in [1.165, 1.54) is 24.2 Å². The second kappa shape index (κ2) is 6.13. The van der Waals surface area contributed by atoms with Crippen LogP contribution in [0.25, 0.3) is 0 Å². The van der Waals surface area contributed by atoms with Gasteiger partial charge >= 0.3 is 0 Å². The molecule has 0 aromatic carbocycles. The third-order valence-corrected chi connectivity index (χ3v) is 8.12. The molecule has 1 aliphatic rings. The number of nitrogens with one attached hydrogen (secondary N) is 1. The Hall–Kier alpha value is 0.570. The molecule has 1 aromatic rings. The van der Waals surface area contributed by atoms with Gasteiger partial charge in [0.15, 0.2) is 0 Å². The third-order valence-electron chi connectivity index (χ3n) is 3.72. The Kier molecular flexibility index (Phi) is 5.15. The third kappa shape index (κ3) is 3.61.